The number of rotatable bonds is 5. The molecule has 126 valence electrons. The Morgan fingerprint density at radius 1 is 1.30 bits per heavy atom. The SMILES string of the molecule is C/C=C/CCN=C(NCC)N1CC=C(c2ccccc2)CC1.I. The van der Waals surface area contributed by atoms with E-state index < -0.39 is 0 Å². The number of benzene rings is 1. The van der Waals surface area contributed by atoms with E-state index in [1.54, 1.807) is 0 Å². The van der Waals surface area contributed by atoms with Crippen LogP contribution >= 0.6 is 24.0 Å². The van der Waals surface area contributed by atoms with E-state index in [-0.39, 0.29) is 24.0 Å². The van der Waals surface area contributed by atoms with Crippen LogP contribution in [0.15, 0.2) is 53.6 Å². The average molecular weight is 425 g/mol. The highest BCUT2D eigenvalue weighted by atomic mass is 127. The molecule has 23 heavy (non-hydrogen) atoms. The molecule has 0 amide bonds. The number of nitrogens with zero attached hydrogens (tertiary/aromatic N) is 2. The van der Waals surface area contributed by atoms with Crippen molar-refractivity contribution in [2.24, 2.45) is 4.99 Å². The van der Waals surface area contributed by atoms with E-state index in [1.807, 2.05) is 0 Å². The van der Waals surface area contributed by atoms with Gasteiger partial charge in [0.05, 0.1) is 0 Å². The van der Waals surface area contributed by atoms with Crippen LogP contribution in [0, 0.1) is 0 Å². The van der Waals surface area contributed by atoms with E-state index in [1.165, 1.54) is 11.1 Å². The van der Waals surface area contributed by atoms with Crippen LogP contribution in [0.4, 0.5) is 0 Å². The maximum Gasteiger partial charge on any atom is 0.194 e. The van der Waals surface area contributed by atoms with Crippen molar-refractivity contribution in [2.45, 2.75) is 26.7 Å². The fourth-order valence-electron chi connectivity index (χ4n) is 2.61. The quantitative estimate of drug-likeness (QED) is 0.250. The van der Waals surface area contributed by atoms with Crippen molar-refractivity contribution < 1.29 is 0 Å². The van der Waals surface area contributed by atoms with E-state index in [2.05, 4.69) is 72.6 Å². The van der Waals surface area contributed by atoms with Gasteiger partial charge in [-0.3, -0.25) is 4.99 Å². The molecule has 1 N–H and O–H groups in total. The van der Waals surface area contributed by atoms with E-state index >= 15 is 0 Å². The van der Waals surface area contributed by atoms with Gasteiger partial charge in [0.25, 0.3) is 0 Å². The molecule has 1 aliphatic heterocycles. The molecule has 1 aromatic rings. The summed E-state index contributed by atoms with van der Waals surface area (Å²) in [6.45, 7) is 7.88. The summed E-state index contributed by atoms with van der Waals surface area (Å²) in [5.74, 6) is 1.04. The Bertz CT molecular complexity index is 535. The van der Waals surface area contributed by atoms with Gasteiger partial charge in [0.15, 0.2) is 5.96 Å². The van der Waals surface area contributed by atoms with Crippen molar-refractivity contribution >= 4 is 35.5 Å². The summed E-state index contributed by atoms with van der Waals surface area (Å²) >= 11 is 0. The second-order valence-corrected chi connectivity index (χ2v) is 5.38. The Labute approximate surface area is 157 Å². The van der Waals surface area contributed by atoms with Gasteiger partial charge >= 0.3 is 0 Å². The minimum atomic E-state index is 0. The molecule has 0 atom stereocenters. The van der Waals surface area contributed by atoms with Crippen molar-refractivity contribution in [3.05, 3.63) is 54.1 Å². The minimum Gasteiger partial charge on any atom is -0.357 e. The van der Waals surface area contributed by atoms with Crippen LogP contribution < -0.4 is 5.32 Å². The van der Waals surface area contributed by atoms with Gasteiger partial charge in [-0.05, 0) is 37.8 Å². The van der Waals surface area contributed by atoms with Crippen LogP contribution in [0.25, 0.3) is 5.57 Å². The Hall–Kier alpha value is -1.30. The standard InChI is InChI=1S/C19H27N3.HI/c1-3-5-9-14-21-19(20-4-2)22-15-12-18(13-16-22)17-10-7-6-8-11-17;/h3,5-8,10-12H,4,9,13-16H2,1-2H3,(H,20,21);1H/b5-3+;. The number of halogens is 1. The molecule has 1 aliphatic rings. The van der Waals surface area contributed by atoms with Gasteiger partial charge in [-0.1, -0.05) is 48.6 Å². The van der Waals surface area contributed by atoms with Crippen LogP contribution in [0.1, 0.15) is 32.3 Å². The smallest absolute Gasteiger partial charge is 0.194 e. The number of aliphatic imine (C=N–C) groups is 1. The van der Waals surface area contributed by atoms with Gasteiger partial charge in [0, 0.05) is 26.2 Å². The molecule has 0 radical (unpaired) electrons. The number of nitrogens with one attached hydrogen (secondary N) is 1. The van der Waals surface area contributed by atoms with E-state index in [0.29, 0.717) is 0 Å². The fourth-order valence-corrected chi connectivity index (χ4v) is 2.61. The topological polar surface area (TPSA) is 27.6 Å². The van der Waals surface area contributed by atoms with Gasteiger partial charge in [0.2, 0.25) is 0 Å². The molecule has 2 rings (SSSR count). The highest BCUT2D eigenvalue weighted by molar-refractivity contribution is 14.0. The molecule has 0 saturated heterocycles. The Kier molecular flexibility index (Phi) is 9.67. The zero-order chi connectivity index (χ0) is 15.6. The lowest BCUT2D eigenvalue weighted by Crippen LogP contribution is -2.43. The summed E-state index contributed by atoms with van der Waals surface area (Å²) in [4.78, 5) is 7.06. The fraction of sp³-hybridized carbons (Fsp3) is 0.421. The van der Waals surface area contributed by atoms with Gasteiger partial charge in [-0.2, -0.15) is 0 Å². The van der Waals surface area contributed by atoms with Gasteiger partial charge in [-0.25, -0.2) is 0 Å². The molecular formula is C19H28IN3. The third-order valence-corrected chi connectivity index (χ3v) is 3.78. The summed E-state index contributed by atoms with van der Waals surface area (Å²) < 4.78 is 0. The second-order valence-electron chi connectivity index (χ2n) is 5.38. The lowest BCUT2D eigenvalue weighted by atomic mass is 10.00. The zero-order valence-corrected chi connectivity index (χ0v) is 16.5. The molecule has 3 nitrogen and oxygen atoms in total. The molecule has 1 aromatic carbocycles. The van der Waals surface area contributed by atoms with Crippen molar-refractivity contribution in [1.29, 1.82) is 0 Å². The molecule has 0 unspecified atom stereocenters. The normalized spacial score (nSPS) is 15.3. The number of hydrogen-bond acceptors (Lipinski definition) is 1. The van der Waals surface area contributed by atoms with E-state index in [4.69, 9.17) is 4.99 Å². The monoisotopic (exact) mass is 425 g/mol. The predicted molar refractivity (Wildman–Crippen MR) is 111 cm³/mol. The Morgan fingerprint density at radius 2 is 2.09 bits per heavy atom. The van der Waals surface area contributed by atoms with Gasteiger partial charge in [0.1, 0.15) is 0 Å². The number of allylic oxidation sites excluding steroid dienone is 1. The molecule has 0 saturated carbocycles. The molecule has 0 bridgehead atoms. The first-order valence-corrected chi connectivity index (χ1v) is 8.24. The lowest BCUT2D eigenvalue weighted by Gasteiger charge is -2.29. The maximum absolute atomic E-state index is 4.72. The Balaban J connectivity index is 0.00000264. The summed E-state index contributed by atoms with van der Waals surface area (Å²) in [7, 11) is 0. The third kappa shape index (κ3) is 6.37. The first kappa shape index (κ1) is 19.7. The predicted octanol–water partition coefficient (Wildman–Crippen LogP) is 4.33. The van der Waals surface area contributed by atoms with Crippen LogP contribution in [-0.4, -0.2) is 37.0 Å². The van der Waals surface area contributed by atoms with Crippen molar-refractivity contribution in [2.75, 3.05) is 26.2 Å². The van der Waals surface area contributed by atoms with E-state index in [9.17, 15) is 0 Å². The molecule has 1 heterocycles. The van der Waals surface area contributed by atoms with Crippen LogP contribution in [0.2, 0.25) is 0 Å². The van der Waals surface area contributed by atoms with Crippen molar-refractivity contribution in [3.63, 3.8) is 0 Å². The number of guanidine groups is 1. The van der Waals surface area contributed by atoms with Crippen molar-refractivity contribution in [3.8, 4) is 0 Å². The molecule has 4 heteroatoms. The van der Waals surface area contributed by atoms with Crippen LogP contribution in [0.5, 0.6) is 0 Å². The van der Waals surface area contributed by atoms with Crippen LogP contribution in [0.3, 0.4) is 0 Å². The van der Waals surface area contributed by atoms with Crippen molar-refractivity contribution in [1.82, 2.24) is 10.2 Å². The number of hydrogen-bond donors (Lipinski definition) is 1. The Morgan fingerprint density at radius 3 is 2.70 bits per heavy atom. The van der Waals surface area contributed by atoms with Gasteiger partial charge < -0.3 is 10.2 Å². The highest BCUT2D eigenvalue weighted by Gasteiger charge is 2.15. The highest BCUT2D eigenvalue weighted by Crippen LogP contribution is 2.21. The minimum absolute atomic E-state index is 0. The largest absolute Gasteiger partial charge is 0.357 e. The summed E-state index contributed by atoms with van der Waals surface area (Å²) in [5.41, 5.74) is 2.79. The maximum atomic E-state index is 4.72. The zero-order valence-electron chi connectivity index (χ0n) is 14.2. The van der Waals surface area contributed by atoms with Crippen LogP contribution in [-0.2, 0) is 0 Å². The molecule has 0 aromatic heterocycles. The average Bonchev–Trinajstić information content (AvgIpc) is 2.59. The summed E-state index contributed by atoms with van der Waals surface area (Å²) in [6, 6.07) is 10.7. The first-order chi connectivity index (χ1) is 10.8. The molecule has 0 spiro atoms. The molecule has 0 fully saturated rings. The second kappa shape index (κ2) is 11.3. The third-order valence-electron chi connectivity index (χ3n) is 3.78. The van der Waals surface area contributed by atoms with E-state index in [0.717, 1.165) is 45.0 Å². The molecular weight excluding hydrogens is 397 g/mol. The van der Waals surface area contributed by atoms with Gasteiger partial charge in [-0.15, -0.1) is 24.0 Å². The molecule has 0 aliphatic carbocycles. The summed E-state index contributed by atoms with van der Waals surface area (Å²) in [6.07, 6.45) is 8.65. The summed E-state index contributed by atoms with van der Waals surface area (Å²) in [5, 5.41) is 3.41. The first-order valence-electron chi connectivity index (χ1n) is 8.24. The lowest BCUT2D eigenvalue weighted by molar-refractivity contribution is 0.440.